The van der Waals surface area contributed by atoms with Crippen molar-refractivity contribution in [1.82, 2.24) is 15.1 Å². The average Bonchev–Trinajstić information content (AvgIpc) is 2.70. The van der Waals surface area contributed by atoms with Crippen molar-refractivity contribution < 1.29 is 9.53 Å². The number of carbonyl (C=O) groups is 1. The molecule has 1 atom stereocenters. The van der Waals surface area contributed by atoms with Gasteiger partial charge in [0.25, 0.3) is 0 Å². The van der Waals surface area contributed by atoms with E-state index in [1.807, 2.05) is 32.4 Å². The fraction of sp³-hybridized carbons (Fsp3) is 0.733. The molecule has 0 amide bonds. The number of halogens is 1. The van der Waals surface area contributed by atoms with Crippen LogP contribution < -0.4 is 5.32 Å². The molecule has 0 saturated carbocycles. The van der Waals surface area contributed by atoms with E-state index in [1.165, 1.54) is 7.11 Å². The standard InChI is InChI=1S/C15H26ClN3O2/c1-6-17-15(4,14(20)21-5)9-7-8-10-19-12(3)13(16)11(2)18-19/h17H,6-10H2,1-5H3. The molecule has 0 saturated heterocycles. The number of nitrogens with one attached hydrogen (secondary N) is 1. The van der Waals surface area contributed by atoms with E-state index in [-0.39, 0.29) is 5.97 Å². The molecule has 0 aliphatic heterocycles. The van der Waals surface area contributed by atoms with Gasteiger partial charge in [0.05, 0.1) is 23.5 Å². The van der Waals surface area contributed by atoms with Crippen LogP contribution in [0.1, 0.15) is 44.5 Å². The maximum atomic E-state index is 11.9. The minimum Gasteiger partial charge on any atom is -0.468 e. The second kappa shape index (κ2) is 7.80. The molecule has 0 spiro atoms. The van der Waals surface area contributed by atoms with Gasteiger partial charge in [-0.1, -0.05) is 18.5 Å². The van der Waals surface area contributed by atoms with Crippen LogP contribution >= 0.6 is 11.6 Å². The lowest BCUT2D eigenvalue weighted by Crippen LogP contribution is -2.50. The van der Waals surface area contributed by atoms with Gasteiger partial charge >= 0.3 is 5.97 Å². The summed E-state index contributed by atoms with van der Waals surface area (Å²) in [5, 5.41) is 8.36. The lowest BCUT2D eigenvalue weighted by Gasteiger charge is -2.27. The Labute approximate surface area is 132 Å². The number of aryl methyl sites for hydroxylation is 2. The van der Waals surface area contributed by atoms with Crippen LogP contribution in [0.15, 0.2) is 0 Å². The van der Waals surface area contributed by atoms with E-state index in [4.69, 9.17) is 16.3 Å². The fourth-order valence-corrected chi connectivity index (χ4v) is 2.65. The highest BCUT2D eigenvalue weighted by molar-refractivity contribution is 6.31. The van der Waals surface area contributed by atoms with Crippen LogP contribution in [0.25, 0.3) is 0 Å². The molecule has 1 heterocycles. The van der Waals surface area contributed by atoms with Gasteiger partial charge in [-0.2, -0.15) is 5.10 Å². The first-order chi connectivity index (χ1) is 9.85. The van der Waals surface area contributed by atoms with E-state index in [0.29, 0.717) is 0 Å². The van der Waals surface area contributed by atoms with Crippen molar-refractivity contribution in [3.8, 4) is 0 Å². The van der Waals surface area contributed by atoms with Crippen LogP contribution in [0, 0.1) is 13.8 Å². The van der Waals surface area contributed by atoms with Gasteiger partial charge in [0.15, 0.2) is 0 Å². The van der Waals surface area contributed by atoms with Crippen LogP contribution in [0.4, 0.5) is 0 Å². The molecule has 0 bridgehead atoms. The number of likely N-dealkylation sites (N-methyl/N-ethyl adjacent to an activating group) is 1. The van der Waals surface area contributed by atoms with Gasteiger partial charge in [-0.3, -0.25) is 9.48 Å². The molecule has 0 aromatic carbocycles. The third kappa shape index (κ3) is 4.45. The molecule has 120 valence electrons. The van der Waals surface area contributed by atoms with Gasteiger partial charge in [-0.15, -0.1) is 0 Å². The van der Waals surface area contributed by atoms with Crippen LogP contribution in [-0.2, 0) is 16.1 Å². The SMILES string of the molecule is CCNC(C)(CCCCn1nc(C)c(Cl)c1C)C(=O)OC. The molecule has 0 fully saturated rings. The number of ether oxygens (including phenoxy) is 1. The molecule has 1 N–H and O–H groups in total. The predicted octanol–water partition coefficient (Wildman–Crippen LogP) is 2.86. The van der Waals surface area contributed by atoms with E-state index in [1.54, 1.807) is 0 Å². The van der Waals surface area contributed by atoms with Gasteiger partial charge in [0.1, 0.15) is 5.54 Å². The number of rotatable bonds is 8. The summed E-state index contributed by atoms with van der Waals surface area (Å²) in [6.45, 7) is 9.30. The number of carbonyl (C=O) groups excluding carboxylic acids is 1. The Kier molecular flexibility index (Phi) is 6.68. The Balaban J connectivity index is 2.51. The third-order valence-corrected chi connectivity index (χ3v) is 4.34. The Morgan fingerprint density at radius 1 is 1.43 bits per heavy atom. The van der Waals surface area contributed by atoms with Gasteiger partial charge in [0.2, 0.25) is 0 Å². The van der Waals surface area contributed by atoms with Gasteiger partial charge < -0.3 is 10.1 Å². The molecule has 21 heavy (non-hydrogen) atoms. The quantitative estimate of drug-likeness (QED) is 0.592. The summed E-state index contributed by atoms with van der Waals surface area (Å²) in [5.41, 5.74) is 1.24. The highest BCUT2D eigenvalue weighted by Gasteiger charge is 2.32. The molecule has 6 heteroatoms. The first kappa shape index (κ1) is 18.0. The van der Waals surface area contributed by atoms with Crippen LogP contribution in [0.5, 0.6) is 0 Å². The third-order valence-electron chi connectivity index (χ3n) is 3.79. The minimum atomic E-state index is -0.615. The molecule has 0 radical (unpaired) electrons. The Morgan fingerprint density at radius 3 is 2.57 bits per heavy atom. The van der Waals surface area contributed by atoms with Crippen LogP contribution in [0.3, 0.4) is 0 Å². The van der Waals surface area contributed by atoms with Crippen molar-refractivity contribution in [1.29, 1.82) is 0 Å². The number of nitrogens with zero attached hydrogens (tertiary/aromatic N) is 2. The largest absolute Gasteiger partial charge is 0.468 e. The summed E-state index contributed by atoms with van der Waals surface area (Å²) in [5.74, 6) is -0.210. The fourth-order valence-electron chi connectivity index (χ4n) is 2.51. The summed E-state index contributed by atoms with van der Waals surface area (Å²) in [6, 6.07) is 0. The van der Waals surface area contributed by atoms with Crippen molar-refractivity contribution in [3.63, 3.8) is 0 Å². The van der Waals surface area contributed by atoms with Crippen molar-refractivity contribution in [2.45, 2.75) is 59.0 Å². The Hall–Kier alpha value is -1.07. The van der Waals surface area contributed by atoms with Crippen LogP contribution in [0.2, 0.25) is 5.02 Å². The van der Waals surface area contributed by atoms with E-state index >= 15 is 0 Å². The van der Waals surface area contributed by atoms with E-state index in [9.17, 15) is 4.79 Å². The smallest absolute Gasteiger partial charge is 0.325 e. The maximum Gasteiger partial charge on any atom is 0.325 e. The predicted molar refractivity (Wildman–Crippen MR) is 84.7 cm³/mol. The van der Waals surface area contributed by atoms with Gasteiger partial charge in [-0.05, 0) is 46.6 Å². The van der Waals surface area contributed by atoms with Crippen molar-refractivity contribution in [2.24, 2.45) is 0 Å². The molecular weight excluding hydrogens is 290 g/mol. The van der Waals surface area contributed by atoms with Crippen molar-refractivity contribution in [3.05, 3.63) is 16.4 Å². The first-order valence-corrected chi connectivity index (χ1v) is 7.76. The normalized spacial score (nSPS) is 14.0. The molecule has 1 aromatic heterocycles. The molecular formula is C15H26ClN3O2. The zero-order chi connectivity index (χ0) is 16.0. The number of aromatic nitrogens is 2. The number of unbranched alkanes of at least 4 members (excludes halogenated alkanes) is 1. The highest BCUT2D eigenvalue weighted by Crippen LogP contribution is 2.20. The highest BCUT2D eigenvalue weighted by atomic mass is 35.5. The monoisotopic (exact) mass is 315 g/mol. The number of hydrogen-bond acceptors (Lipinski definition) is 4. The zero-order valence-electron chi connectivity index (χ0n) is 13.6. The molecule has 1 unspecified atom stereocenters. The molecule has 0 aliphatic rings. The Morgan fingerprint density at radius 2 is 2.10 bits per heavy atom. The van der Waals surface area contributed by atoms with Gasteiger partial charge in [0, 0.05) is 6.54 Å². The molecule has 0 aliphatic carbocycles. The lowest BCUT2D eigenvalue weighted by molar-refractivity contribution is -0.148. The lowest BCUT2D eigenvalue weighted by atomic mass is 9.94. The summed E-state index contributed by atoms with van der Waals surface area (Å²) in [7, 11) is 1.43. The number of methoxy groups -OCH3 is 1. The molecule has 1 rings (SSSR count). The maximum absolute atomic E-state index is 11.9. The van der Waals surface area contributed by atoms with E-state index < -0.39 is 5.54 Å². The van der Waals surface area contributed by atoms with Crippen molar-refractivity contribution in [2.75, 3.05) is 13.7 Å². The average molecular weight is 316 g/mol. The summed E-state index contributed by atoms with van der Waals surface area (Å²) < 4.78 is 6.82. The van der Waals surface area contributed by atoms with E-state index in [0.717, 1.165) is 48.8 Å². The second-order valence-electron chi connectivity index (χ2n) is 5.52. The summed E-state index contributed by atoms with van der Waals surface area (Å²) in [6.07, 6.45) is 2.59. The van der Waals surface area contributed by atoms with Crippen molar-refractivity contribution >= 4 is 17.6 Å². The number of hydrogen-bond donors (Lipinski definition) is 1. The first-order valence-electron chi connectivity index (χ1n) is 7.38. The second-order valence-corrected chi connectivity index (χ2v) is 5.90. The molecule has 1 aromatic rings. The minimum absolute atomic E-state index is 0.210. The topological polar surface area (TPSA) is 56.2 Å². The van der Waals surface area contributed by atoms with Gasteiger partial charge in [-0.25, -0.2) is 0 Å². The molecule has 5 nitrogen and oxygen atoms in total. The summed E-state index contributed by atoms with van der Waals surface area (Å²) in [4.78, 5) is 11.9. The van der Waals surface area contributed by atoms with Crippen LogP contribution in [-0.4, -0.2) is 34.9 Å². The van der Waals surface area contributed by atoms with E-state index in [2.05, 4.69) is 10.4 Å². The Bertz CT molecular complexity index is 488. The zero-order valence-corrected chi connectivity index (χ0v) is 14.4. The number of esters is 1. The summed E-state index contributed by atoms with van der Waals surface area (Å²) >= 11 is 6.13.